The fraction of sp³-hybridized carbons (Fsp3) is 0.107. The molecular formula is C28H21N5O3. The Labute approximate surface area is 206 Å². The van der Waals surface area contributed by atoms with Crippen molar-refractivity contribution >= 4 is 28.6 Å². The smallest absolute Gasteiger partial charge is 0.264 e. The van der Waals surface area contributed by atoms with E-state index in [-0.39, 0.29) is 11.5 Å². The van der Waals surface area contributed by atoms with E-state index in [2.05, 4.69) is 27.2 Å². The molecule has 0 saturated carbocycles. The van der Waals surface area contributed by atoms with E-state index >= 15 is 0 Å². The van der Waals surface area contributed by atoms with Crippen LogP contribution < -0.4 is 10.9 Å². The lowest BCUT2D eigenvalue weighted by molar-refractivity contribution is -0.103. The molecule has 8 nitrogen and oxygen atoms in total. The van der Waals surface area contributed by atoms with Crippen LogP contribution in [0.25, 0.3) is 22.1 Å². The fourth-order valence-electron chi connectivity index (χ4n) is 4.36. The van der Waals surface area contributed by atoms with E-state index in [1.165, 1.54) is 0 Å². The highest BCUT2D eigenvalue weighted by Crippen LogP contribution is 2.24. The summed E-state index contributed by atoms with van der Waals surface area (Å²) >= 11 is 0. The van der Waals surface area contributed by atoms with Gasteiger partial charge in [0.05, 0.1) is 17.1 Å². The molecule has 5 aromatic rings. The number of hydrogen-bond acceptors (Lipinski definition) is 5. The van der Waals surface area contributed by atoms with Crippen LogP contribution in [-0.4, -0.2) is 31.4 Å². The van der Waals surface area contributed by atoms with Gasteiger partial charge in [-0.3, -0.25) is 19.0 Å². The molecule has 0 spiro atoms. The third kappa shape index (κ3) is 3.93. The van der Waals surface area contributed by atoms with Gasteiger partial charge in [0.25, 0.3) is 11.5 Å². The highest BCUT2D eigenvalue weighted by Gasteiger charge is 2.23. The zero-order valence-electron chi connectivity index (χ0n) is 19.6. The number of carbonyl (C=O) groups is 2. The summed E-state index contributed by atoms with van der Waals surface area (Å²) in [5, 5.41) is 8.45. The zero-order valence-corrected chi connectivity index (χ0v) is 19.6. The number of nitrogens with one attached hydrogen (secondary N) is 1. The topological polar surface area (TPSA) is 98.4 Å². The molecule has 1 N–H and O–H groups in total. The number of hydrogen-bond donors (Lipinski definition) is 1. The molecule has 0 aliphatic carbocycles. The number of aromatic nitrogens is 4. The van der Waals surface area contributed by atoms with Gasteiger partial charge < -0.3 is 5.32 Å². The molecule has 0 aliphatic rings. The Balaban J connectivity index is 1.66. The van der Waals surface area contributed by atoms with Gasteiger partial charge in [-0.05, 0) is 55.5 Å². The molecule has 0 fully saturated rings. The van der Waals surface area contributed by atoms with Crippen molar-refractivity contribution < 1.29 is 9.59 Å². The molecule has 2 aromatic carbocycles. The minimum Gasteiger partial charge on any atom is -0.344 e. The number of aldehydes is 1. The molecule has 3 heterocycles. The molecule has 0 aliphatic heterocycles. The lowest BCUT2D eigenvalue weighted by Gasteiger charge is -2.21. The number of amides is 1. The van der Waals surface area contributed by atoms with Crippen molar-refractivity contribution in [1.82, 2.24) is 24.5 Å². The Kier molecular flexibility index (Phi) is 5.88. The molecule has 0 bridgehead atoms. The molecule has 0 radical (unpaired) electrons. The molecule has 3 aromatic heterocycles. The average molecular weight is 476 g/mol. The monoisotopic (exact) mass is 475 g/mol. The molecule has 1 amide bonds. The SMILES string of the molecule is Cc1nn2cccnc2c1C(=O)N[C@@H](C)c1cc2cccc(C#CC=O)c2c(=O)n1-c1ccccc1. The van der Waals surface area contributed by atoms with Gasteiger partial charge in [-0.15, -0.1) is 0 Å². The summed E-state index contributed by atoms with van der Waals surface area (Å²) in [7, 11) is 0. The second kappa shape index (κ2) is 9.31. The summed E-state index contributed by atoms with van der Waals surface area (Å²) in [4.78, 5) is 42.3. The maximum absolute atomic E-state index is 13.9. The van der Waals surface area contributed by atoms with Crippen LogP contribution in [0, 0.1) is 18.8 Å². The number of benzene rings is 2. The van der Waals surface area contributed by atoms with Crippen molar-refractivity contribution in [3.8, 4) is 17.5 Å². The number of para-hydroxylation sites is 1. The van der Waals surface area contributed by atoms with E-state index in [0.29, 0.717) is 50.9 Å². The number of aryl methyl sites for hydroxylation is 1. The minimum atomic E-state index is -0.544. The van der Waals surface area contributed by atoms with Crippen molar-refractivity contribution in [3.05, 3.63) is 106 Å². The quantitative estimate of drug-likeness (QED) is 0.317. The number of fused-ring (bicyclic) bond motifs is 2. The Morgan fingerprint density at radius 2 is 1.92 bits per heavy atom. The Bertz CT molecular complexity index is 1760. The van der Waals surface area contributed by atoms with Crippen LogP contribution in [0.1, 0.15) is 40.3 Å². The van der Waals surface area contributed by atoms with Crippen LogP contribution in [0.2, 0.25) is 0 Å². The van der Waals surface area contributed by atoms with Gasteiger partial charge in [0, 0.05) is 29.3 Å². The van der Waals surface area contributed by atoms with Gasteiger partial charge in [-0.25, -0.2) is 9.50 Å². The van der Waals surface area contributed by atoms with Crippen molar-refractivity contribution in [2.24, 2.45) is 0 Å². The second-order valence-corrected chi connectivity index (χ2v) is 8.25. The summed E-state index contributed by atoms with van der Waals surface area (Å²) in [6, 6.07) is 17.6. The molecule has 8 heteroatoms. The number of nitrogens with zero attached hydrogens (tertiary/aromatic N) is 4. The van der Waals surface area contributed by atoms with Crippen molar-refractivity contribution in [3.63, 3.8) is 0 Å². The first-order valence-corrected chi connectivity index (χ1v) is 11.3. The van der Waals surface area contributed by atoms with E-state index in [1.807, 2.05) is 49.4 Å². The van der Waals surface area contributed by atoms with Crippen LogP contribution in [-0.2, 0) is 4.79 Å². The van der Waals surface area contributed by atoms with Crippen LogP contribution in [0.15, 0.2) is 77.9 Å². The van der Waals surface area contributed by atoms with Gasteiger partial charge in [0.15, 0.2) is 11.9 Å². The first kappa shape index (κ1) is 22.7. The normalized spacial score (nSPS) is 11.6. The van der Waals surface area contributed by atoms with E-state index in [1.54, 1.807) is 46.6 Å². The molecule has 0 unspecified atom stereocenters. The van der Waals surface area contributed by atoms with Crippen LogP contribution in [0.3, 0.4) is 0 Å². The molecule has 176 valence electrons. The average Bonchev–Trinajstić information content (AvgIpc) is 3.23. The third-order valence-corrected chi connectivity index (χ3v) is 5.94. The first-order chi connectivity index (χ1) is 17.5. The van der Waals surface area contributed by atoms with Gasteiger partial charge in [0.2, 0.25) is 0 Å². The number of carbonyl (C=O) groups excluding carboxylic acids is 2. The predicted molar refractivity (Wildman–Crippen MR) is 136 cm³/mol. The standard InChI is InChI=1S/C28H21N5O3/c1-18(30-27(35)24-19(2)31-32-15-8-14-29-26(24)32)23-17-21-10-6-9-20(11-7-16-34)25(21)28(36)33(23)22-12-4-3-5-13-22/h3-6,8-10,12-18H,1-2H3,(H,30,35)/t18-/m0/s1. The second-order valence-electron chi connectivity index (χ2n) is 8.25. The Morgan fingerprint density at radius 1 is 1.11 bits per heavy atom. The Morgan fingerprint density at radius 3 is 2.69 bits per heavy atom. The summed E-state index contributed by atoms with van der Waals surface area (Å²) in [5.41, 5.74) is 2.79. The highest BCUT2D eigenvalue weighted by molar-refractivity contribution is 6.01. The maximum atomic E-state index is 13.9. The van der Waals surface area contributed by atoms with Crippen LogP contribution >= 0.6 is 0 Å². The largest absolute Gasteiger partial charge is 0.344 e. The van der Waals surface area contributed by atoms with Crippen molar-refractivity contribution in [2.75, 3.05) is 0 Å². The van der Waals surface area contributed by atoms with Gasteiger partial charge in [-0.1, -0.05) is 36.3 Å². The van der Waals surface area contributed by atoms with Crippen molar-refractivity contribution in [2.45, 2.75) is 19.9 Å². The highest BCUT2D eigenvalue weighted by atomic mass is 16.2. The molecule has 1 atom stereocenters. The van der Waals surface area contributed by atoms with E-state index < -0.39 is 6.04 Å². The molecule has 0 saturated heterocycles. The fourth-order valence-corrected chi connectivity index (χ4v) is 4.36. The maximum Gasteiger partial charge on any atom is 0.264 e. The zero-order chi connectivity index (χ0) is 25.2. The van der Waals surface area contributed by atoms with Crippen LogP contribution in [0.4, 0.5) is 0 Å². The van der Waals surface area contributed by atoms with E-state index in [4.69, 9.17) is 0 Å². The summed E-state index contributed by atoms with van der Waals surface area (Å²) in [5.74, 6) is 4.81. The van der Waals surface area contributed by atoms with E-state index in [0.717, 1.165) is 0 Å². The van der Waals surface area contributed by atoms with Gasteiger partial charge in [0.1, 0.15) is 5.56 Å². The third-order valence-electron chi connectivity index (χ3n) is 5.94. The van der Waals surface area contributed by atoms with Gasteiger partial charge in [-0.2, -0.15) is 5.10 Å². The lowest BCUT2D eigenvalue weighted by Crippen LogP contribution is -2.32. The molecular weight excluding hydrogens is 454 g/mol. The van der Waals surface area contributed by atoms with Gasteiger partial charge >= 0.3 is 0 Å². The molecule has 36 heavy (non-hydrogen) atoms. The minimum absolute atomic E-state index is 0.292. The number of pyridine rings is 1. The summed E-state index contributed by atoms with van der Waals surface area (Å²) in [6.45, 7) is 3.58. The van der Waals surface area contributed by atoms with E-state index in [9.17, 15) is 14.4 Å². The summed E-state index contributed by atoms with van der Waals surface area (Å²) in [6.07, 6.45) is 3.84. The predicted octanol–water partition coefficient (Wildman–Crippen LogP) is 3.38. The number of rotatable bonds is 4. The summed E-state index contributed by atoms with van der Waals surface area (Å²) < 4.78 is 3.13. The van der Waals surface area contributed by atoms with Crippen LogP contribution in [0.5, 0.6) is 0 Å². The first-order valence-electron chi connectivity index (χ1n) is 11.3. The molecule has 5 rings (SSSR count). The van der Waals surface area contributed by atoms with Crippen molar-refractivity contribution in [1.29, 1.82) is 0 Å². The Hall–Kier alpha value is -5.03. The lowest BCUT2D eigenvalue weighted by atomic mass is 10.0.